The van der Waals surface area contributed by atoms with Crippen molar-refractivity contribution in [3.8, 4) is 5.75 Å². The molecule has 4 nitrogen and oxygen atoms in total. The van der Waals surface area contributed by atoms with Crippen LogP contribution in [0.4, 0.5) is 0 Å². The van der Waals surface area contributed by atoms with Crippen molar-refractivity contribution < 1.29 is 14.6 Å². The summed E-state index contributed by atoms with van der Waals surface area (Å²) in [5.74, 6) is 0.600. The average molecular weight is 296 g/mol. The summed E-state index contributed by atoms with van der Waals surface area (Å²) in [7, 11) is 0. The summed E-state index contributed by atoms with van der Waals surface area (Å²) >= 11 is 5.94. The number of nitrogens with zero attached hydrogens (tertiary/aromatic N) is 1. The smallest absolute Gasteiger partial charge is 0.138 e. The fourth-order valence-electron chi connectivity index (χ4n) is 1.71. The van der Waals surface area contributed by atoms with Crippen molar-refractivity contribution in [2.24, 2.45) is 0 Å². The van der Waals surface area contributed by atoms with Gasteiger partial charge in [-0.1, -0.05) is 11.6 Å². The van der Waals surface area contributed by atoms with Crippen LogP contribution in [0.15, 0.2) is 30.5 Å². The molecule has 0 aliphatic heterocycles. The van der Waals surface area contributed by atoms with E-state index in [1.807, 2.05) is 32.0 Å². The molecule has 20 heavy (non-hydrogen) atoms. The number of aliphatic hydroxyl groups is 1. The van der Waals surface area contributed by atoms with Gasteiger partial charge in [-0.3, -0.25) is 4.98 Å². The SMILES string of the molecule is CC(C)OC[C@H](O)COc1cnc2ccc(Cl)cc2c1. The molecule has 1 heterocycles. The minimum Gasteiger partial charge on any atom is -0.489 e. The lowest BCUT2D eigenvalue weighted by atomic mass is 10.2. The molecule has 1 atom stereocenters. The highest BCUT2D eigenvalue weighted by molar-refractivity contribution is 6.31. The van der Waals surface area contributed by atoms with Crippen LogP contribution in [-0.2, 0) is 4.74 Å². The zero-order chi connectivity index (χ0) is 14.5. The third-order valence-electron chi connectivity index (χ3n) is 2.68. The zero-order valence-electron chi connectivity index (χ0n) is 11.5. The Labute approximate surface area is 123 Å². The van der Waals surface area contributed by atoms with Crippen LogP contribution in [0.5, 0.6) is 5.75 Å². The molecular formula is C15H18ClNO3. The summed E-state index contributed by atoms with van der Waals surface area (Å²) in [6.07, 6.45) is 1.06. The Bertz CT molecular complexity index is 574. The molecule has 1 N–H and O–H groups in total. The van der Waals surface area contributed by atoms with E-state index in [9.17, 15) is 5.11 Å². The number of ether oxygens (including phenoxy) is 2. The number of halogens is 1. The van der Waals surface area contributed by atoms with Crippen molar-refractivity contribution in [3.05, 3.63) is 35.5 Å². The Hall–Kier alpha value is -1.36. The van der Waals surface area contributed by atoms with Gasteiger partial charge < -0.3 is 14.6 Å². The molecule has 1 aromatic carbocycles. The van der Waals surface area contributed by atoms with Gasteiger partial charge >= 0.3 is 0 Å². The molecule has 0 fully saturated rings. The Morgan fingerprint density at radius 3 is 2.80 bits per heavy atom. The number of fused-ring (bicyclic) bond motifs is 1. The van der Waals surface area contributed by atoms with E-state index in [-0.39, 0.29) is 19.3 Å². The highest BCUT2D eigenvalue weighted by Crippen LogP contribution is 2.21. The summed E-state index contributed by atoms with van der Waals surface area (Å²) in [6, 6.07) is 7.33. The molecule has 5 heteroatoms. The van der Waals surface area contributed by atoms with Gasteiger partial charge in [0.05, 0.1) is 24.4 Å². The number of benzene rings is 1. The maximum atomic E-state index is 9.73. The van der Waals surface area contributed by atoms with Crippen molar-refractivity contribution in [3.63, 3.8) is 0 Å². The molecule has 2 aromatic rings. The molecular weight excluding hydrogens is 278 g/mol. The molecule has 108 valence electrons. The number of hydrogen-bond donors (Lipinski definition) is 1. The molecule has 0 bridgehead atoms. The van der Waals surface area contributed by atoms with Crippen LogP contribution in [0.3, 0.4) is 0 Å². The van der Waals surface area contributed by atoms with Gasteiger partial charge in [-0.25, -0.2) is 0 Å². The molecule has 0 saturated carbocycles. The minimum absolute atomic E-state index is 0.0918. The summed E-state index contributed by atoms with van der Waals surface area (Å²) in [4.78, 5) is 4.28. The Kier molecular flexibility index (Phi) is 5.17. The second-order valence-corrected chi connectivity index (χ2v) is 5.29. The molecule has 1 aromatic heterocycles. The van der Waals surface area contributed by atoms with Gasteiger partial charge in [-0.05, 0) is 38.1 Å². The fraction of sp³-hybridized carbons (Fsp3) is 0.400. The van der Waals surface area contributed by atoms with E-state index in [4.69, 9.17) is 21.1 Å². The third kappa shape index (κ3) is 4.34. The van der Waals surface area contributed by atoms with Crippen molar-refractivity contribution >= 4 is 22.5 Å². The van der Waals surface area contributed by atoms with Crippen LogP contribution in [-0.4, -0.2) is 35.5 Å². The summed E-state index contributed by atoms with van der Waals surface area (Å²) in [5.41, 5.74) is 0.852. The van der Waals surface area contributed by atoms with E-state index < -0.39 is 6.10 Å². The summed E-state index contributed by atoms with van der Waals surface area (Å²) in [6.45, 7) is 4.26. The largest absolute Gasteiger partial charge is 0.489 e. The minimum atomic E-state index is -0.660. The van der Waals surface area contributed by atoms with E-state index in [0.717, 1.165) is 10.9 Å². The first kappa shape index (κ1) is 15.0. The molecule has 2 rings (SSSR count). The fourth-order valence-corrected chi connectivity index (χ4v) is 1.89. The lowest BCUT2D eigenvalue weighted by Gasteiger charge is -2.14. The van der Waals surface area contributed by atoms with Crippen LogP contribution in [0.2, 0.25) is 5.02 Å². The van der Waals surface area contributed by atoms with Gasteiger partial charge in [0.2, 0.25) is 0 Å². The third-order valence-corrected chi connectivity index (χ3v) is 2.92. The van der Waals surface area contributed by atoms with Crippen molar-refractivity contribution in [2.75, 3.05) is 13.2 Å². The highest BCUT2D eigenvalue weighted by Gasteiger charge is 2.07. The van der Waals surface area contributed by atoms with Gasteiger partial charge in [0, 0.05) is 10.4 Å². The van der Waals surface area contributed by atoms with E-state index in [1.54, 1.807) is 12.3 Å². The van der Waals surface area contributed by atoms with Gasteiger partial charge in [-0.15, -0.1) is 0 Å². The van der Waals surface area contributed by atoms with Gasteiger partial charge in [0.1, 0.15) is 18.5 Å². The molecule has 0 amide bonds. The number of aromatic nitrogens is 1. The quantitative estimate of drug-likeness (QED) is 0.890. The van der Waals surface area contributed by atoms with E-state index in [1.165, 1.54) is 0 Å². The van der Waals surface area contributed by atoms with Gasteiger partial charge in [0.25, 0.3) is 0 Å². The van der Waals surface area contributed by atoms with Crippen molar-refractivity contribution in [2.45, 2.75) is 26.1 Å². The van der Waals surface area contributed by atoms with Crippen molar-refractivity contribution in [1.82, 2.24) is 4.98 Å². The van der Waals surface area contributed by atoms with E-state index >= 15 is 0 Å². The van der Waals surface area contributed by atoms with Crippen LogP contribution < -0.4 is 4.74 Å². The van der Waals surface area contributed by atoms with Gasteiger partial charge in [0.15, 0.2) is 0 Å². The normalized spacial score (nSPS) is 12.8. The molecule has 0 aliphatic rings. The summed E-state index contributed by atoms with van der Waals surface area (Å²) < 4.78 is 10.8. The molecule has 0 saturated heterocycles. The predicted octanol–water partition coefficient (Wildman–Crippen LogP) is 3.05. The van der Waals surface area contributed by atoms with Crippen LogP contribution in [0, 0.1) is 0 Å². The van der Waals surface area contributed by atoms with E-state index in [2.05, 4.69) is 4.98 Å². The molecule has 0 radical (unpaired) electrons. The maximum Gasteiger partial charge on any atom is 0.138 e. The number of aliphatic hydroxyl groups excluding tert-OH is 1. The first-order valence-corrected chi connectivity index (χ1v) is 6.90. The molecule has 0 spiro atoms. The number of pyridine rings is 1. The van der Waals surface area contributed by atoms with Crippen LogP contribution in [0.25, 0.3) is 10.9 Å². The number of rotatable bonds is 6. The molecule has 0 aliphatic carbocycles. The Morgan fingerprint density at radius 2 is 2.05 bits per heavy atom. The topological polar surface area (TPSA) is 51.6 Å². The predicted molar refractivity (Wildman–Crippen MR) is 79.3 cm³/mol. The van der Waals surface area contributed by atoms with Crippen LogP contribution >= 0.6 is 11.6 Å². The molecule has 0 unspecified atom stereocenters. The lowest BCUT2D eigenvalue weighted by Crippen LogP contribution is -2.25. The Morgan fingerprint density at radius 1 is 1.25 bits per heavy atom. The second-order valence-electron chi connectivity index (χ2n) is 4.85. The maximum absolute atomic E-state index is 9.73. The second kappa shape index (κ2) is 6.88. The van der Waals surface area contributed by atoms with Gasteiger partial charge in [-0.2, -0.15) is 0 Å². The zero-order valence-corrected chi connectivity index (χ0v) is 12.3. The first-order chi connectivity index (χ1) is 9.54. The Balaban J connectivity index is 1.96. The monoisotopic (exact) mass is 295 g/mol. The standard InChI is InChI=1S/C15H18ClNO3/c1-10(2)19-8-13(18)9-20-14-6-11-5-12(16)3-4-15(11)17-7-14/h3-7,10,13,18H,8-9H2,1-2H3/t13-/m0/s1. The van der Waals surface area contributed by atoms with E-state index in [0.29, 0.717) is 10.8 Å². The average Bonchev–Trinajstić information content (AvgIpc) is 2.42. The number of hydrogen-bond acceptors (Lipinski definition) is 4. The first-order valence-electron chi connectivity index (χ1n) is 6.52. The lowest BCUT2D eigenvalue weighted by molar-refractivity contribution is -0.0123. The highest BCUT2D eigenvalue weighted by atomic mass is 35.5. The summed E-state index contributed by atoms with van der Waals surface area (Å²) in [5, 5.41) is 11.3. The van der Waals surface area contributed by atoms with Crippen molar-refractivity contribution in [1.29, 1.82) is 0 Å². The van der Waals surface area contributed by atoms with Crippen LogP contribution in [0.1, 0.15) is 13.8 Å².